The zero-order chi connectivity index (χ0) is 19.3. The third-order valence-corrected chi connectivity index (χ3v) is 4.16. The smallest absolute Gasteiger partial charge is 0.336 e. The van der Waals surface area contributed by atoms with Gasteiger partial charge >= 0.3 is 5.97 Å². The molecule has 0 aliphatic rings. The summed E-state index contributed by atoms with van der Waals surface area (Å²) in [6, 6.07) is 11.2. The van der Waals surface area contributed by atoms with Gasteiger partial charge in [-0.3, -0.25) is 4.98 Å². The summed E-state index contributed by atoms with van der Waals surface area (Å²) in [6.45, 7) is 4.86. The van der Waals surface area contributed by atoms with Crippen molar-refractivity contribution in [2.24, 2.45) is 0 Å². The van der Waals surface area contributed by atoms with Crippen molar-refractivity contribution in [1.29, 1.82) is 0 Å². The maximum absolute atomic E-state index is 11.8. The quantitative estimate of drug-likeness (QED) is 0.288. The largest absolute Gasteiger partial charge is 0.494 e. The summed E-state index contributed by atoms with van der Waals surface area (Å²) >= 11 is 0. The first-order chi connectivity index (χ1) is 13.2. The molecule has 0 saturated heterocycles. The van der Waals surface area contributed by atoms with Crippen LogP contribution in [-0.2, 0) is 4.79 Å². The number of carbonyl (C=O) groups excluding carboxylic acids is 1. The first-order valence-electron chi connectivity index (χ1n) is 9.73. The lowest BCUT2D eigenvalue weighted by atomic mass is 10.1. The monoisotopic (exact) mass is 367 g/mol. The second-order valence-electron chi connectivity index (χ2n) is 6.57. The number of hydrogen-bond donors (Lipinski definition) is 0. The second-order valence-corrected chi connectivity index (χ2v) is 6.57. The minimum Gasteiger partial charge on any atom is -0.494 e. The van der Waals surface area contributed by atoms with Gasteiger partial charge in [-0.1, -0.05) is 51.2 Å². The summed E-state index contributed by atoms with van der Waals surface area (Å²) in [5.74, 6) is 0.867. The van der Waals surface area contributed by atoms with Crippen molar-refractivity contribution >= 4 is 12.0 Å². The van der Waals surface area contributed by atoms with Crippen molar-refractivity contribution in [3.63, 3.8) is 0 Å². The Hall–Kier alpha value is -2.62. The average Bonchev–Trinajstić information content (AvgIpc) is 2.68. The second kappa shape index (κ2) is 11.9. The van der Waals surface area contributed by atoms with Gasteiger partial charge in [-0.25, -0.2) is 4.79 Å². The number of esters is 1. The number of carbonyl (C=O) groups is 1. The number of ether oxygens (including phenoxy) is 2. The molecule has 2 aromatic rings. The Morgan fingerprint density at radius 1 is 0.963 bits per heavy atom. The van der Waals surface area contributed by atoms with Gasteiger partial charge in [0.25, 0.3) is 0 Å². The van der Waals surface area contributed by atoms with Gasteiger partial charge in [-0.05, 0) is 49.2 Å². The van der Waals surface area contributed by atoms with Crippen molar-refractivity contribution in [3.8, 4) is 11.5 Å². The van der Waals surface area contributed by atoms with Crippen LogP contribution in [0, 0.1) is 6.92 Å². The third-order valence-electron chi connectivity index (χ3n) is 4.16. The minimum absolute atomic E-state index is 0.427. The summed E-state index contributed by atoms with van der Waals surface area (Å²) in [7, 11) is 0. The van der Waals surface area contributed by atoms with Crippen molar-refractivity contribution in [3.05, 3.63) is 59.9 Å². The SMILES string of the molecule is CCCCCCCCOc1ccc(/C=C/C(=O)Oc2ccc(C)nc2)cc1. The van der Waals surface area contributed by atoms with E-state index >= 15 is 0 Å². The Balaban J connectivity index is 1.70. The molecule has 0 aliphatic carbocycles. The highest BCUT2D eigenvalue weighted by molar-refractivity contribution is 5.88. The van der Waals surface area contributed by atoms with Crippen LogP contribution in [0.5, 0.6) is 11.5 Å². The maximum atomic E-state index is 11.8. The van der Waals surface area contributed by atoms with E-state index < -0.39 is 5.97 Å². The summed E-state index contributed by atoms with van der Waals surface area (Å²) in [4.78, 5) is 15.9. The Labute approximate surface area is 162 Å². The van der Waals surface area contributed by atoms with E-state index in [-0.39, 0.29) is 0 Å². The molecule has 0 aliphatic heterocycles. The van der Waals surface area contributed by atoms with E-state index in [2.05, 4.69) is 11.9 Å². The molecule has 4 nitrogen and oxygen atoms in total. The molecule has 2 rings (SSSR count). The van der Waals surface area contributed by atoms with Crippen LogP contribution in [-0.4, -0.2) is 17.6 Å². The molecule has 144 valence electrons. The fourth-order valence-corrected chi connectivity index (χ4v) is 2.58. The first kappa shape index (κ1) is 20.7. The van der Waals surface area contributed by atoms with Crippen molar-refractivity contribution in [1.82, 2.24) is 4.98 Å². The molecule has 27 heavy (non-hydrogen) atoms. The van der Waals surface area contributed by atoms with E-state index in [0.717, 1.165) is 30.0 Å². The molecule has 1 aromatic heterocycles. The Kier molecular flexibility index (Phi) is 9.11. The zero-order valence-electron chi connectivity index (χ0n) is 16.3. The number of benzene rings is 1. The maximum Gasteiger partial charge on any atom is 0.336 e. The molecular formula is C23H29NO3. The summed E-state index contributed by atoms with van der Waals surface area (Å²) in [5.41, 5.74) is 1.80. The summed E-state index contributed by atoms with van der Waals surface area (Å²) in [5, 5.41) is 0. The van der Waals surface area contributed by atoms with Crippen molar-refractivity contribution < 1.29 is 14.3 Å². The fraction of sp³-hybridized carbons (Fsp3) is 0.391. The highest BCUT2D eigenvalue weighted by atomic mass is 16.5. The molecule has 0 saturated carbocycles. The number of rotatable bonds is 11. The van der Waals surface area contributed by atoms with E-state index in [1.807, 2.05) is 31.2 Å². The first-order valence-corrected chi connectivity index (χ1v) is 9.73. The summed E-state index contributed by atoms with van der Waals surface area (Å²) in [6.07, 6.45) is 12.2. The molecule has 0 atom stereocenters. The lowest BCUT2D eigenvalue weighted by Gasteiger charge is -2.06. The van der Waals surface area contributed by atoms with Gasteiger partial charge in [-0.2, -0.15) is 0 Å². The van der Waals surface area contributed by atoms with Gasteiger partial charge in [0.1, 0.15) is 11.5 Å². The van der Waals surface area contributed by atoms with Crippen LogP contribution in [0.15, 0.2) is 48.7 Å². The number of aryl methyl sites for hydroxylation is 1. The molecule has 0 fully saturated rings. The van der Waals surface area contributed by atoms with Gasteiger partial charge in [0, 0.05) is 11.8 Å². The molecular weight excluding hydrogens is 338 g/mol. The molecule has 0 amide bonds. The zero-order valence-corrected chi connectivity index (χ0v) is 16.3. The lowest BCUT2D eigenvalue weighted by molar-refractivity contribution is -0.128. The molecule has 1 aromatic carbocycles. The molecule has 0 unspecified atom stereocenters. The Bertz CT molecular complexity index is 705. The number of unbranched alkanes of at least 4 members (excludes halogenated alkanes) is 5. The Morgan fingerprint density at radius 3 is 2.37 bits per heavy atom. The van der Waals surface area contributed by atoms with Crippen LogP contribution in [0.25, 0.3) is 6.08 Å². The highest BCUT2D eigenvalue weighted by Crippen LogP contribution is 2.15. The third kappa shape index (κ3) is 8.54. The molecule has 4 heteroatoms. The highest BCUT2D eigenvalue weighted by Gasteiger charge is 2.01. The van der Waals surface area contributed by atoms with E-state index in [4.69, 9.17) is 9.47 Å². The number of pyridine rings is 1. The number of hydrogen-bond acceptors (Lipinski definition) is 4. The van der Waals surface area contributed by atoms with Gasteiger partial charge in [0.2, 0.25) is 0 Å². The van der Waals surface area contributed by atoms with Crippen LogP contribution in [0.2, 0.25) is 0 Å². The van der Waals surface area contributed by atoms with Gasteiger partial charge < -0.3 is 9.47 Å². The molecule has 0 N–H and O–H groups in total. The van der Waals surface area contributed by atoms with Crippen molar-refractivity contribution in [2.45, 2.75) is 52.4 Å². The fourth-order valence-electron chi connectivity index (χ4n) is 2.58. The van der Waals surface area contributed by atoms with E-state index in [9.17, 15) is 4.79 Å². The van der Waals surface area contributed by atoms with Crippen LogP contribution < -0.4 is 9.47 Å². The summed E-state index contributed by atoms with van der Waals surface area (Å²) < 4.78 is 11.0. The minimum atomic E-state index is -0.427. The topological polar surface area (TPSA) is 48.4 Å². The van der Waals surface area contributed by atoms with Crippen LogP contribution in [0.4, 0.5) is 0 Å². The Morgan fingerprint density at radius 2 is 1.67 bits per heavy atom. The average molecular weight is 367 g/mol. The standard InChI is InChI=1S/C23H29NO3/c1-3-4-5-6-7-8-17-26-21-14-10-20(11-15-21)12-16-23(25)27-22-13-9-19(2)24-18-22/h9-16,18H,3-8,17H2,1-2H3/b16-12+. The molecule has 0 spiro atoms. The van der Waals surface area contributed by atoms with Crippen LogP contribution in [0.3, 0.4) is 0 Å². The van der Waals surface area contributed by atoms with E-state index in [1.165, 1.54) is 44.4 Å². The van der Waals surface area contributed by atoms with E-state index in [1.54, 1.807) is 18.2 Å². The lowest BCUT2D eigenvalue weighted by Crippen LogP contribution is -2.03. The van der Waals surface area contributed by atoms with E-state index in [0.29, 0.717) is 5.75 Å². The molecule has 0 radical (unpaired) electrons. The predicted octanol–water partition coefficient (Wildman–Crippen LogP) is 5.75. The molecule has 0 bridgehead atoms. The van der Waals surface area contributed by atoms with Crippen molar-refractivity contribution in [2.75, 3.05) is 6.61 Å². The van der Waals surface area contributed by atoms with Gasteiger partial charge in [0.15, 0.2) is 0 Å². The van der Waals surface area contributed by atoms with Crippen LogP contribution in [0.1, 0.15) is 56.7 Å². The van der Waals surface area contributed by atoms with Crippen LogP contribution >= 0.6 is 0 Å². The molecule has 1 heterocycles. The number of nitrogens with zero attached hydrogens (tertiary/aromatic N) is 1. The predicted molar refractivity (Wildman–Crippen MR) is 109 cm³/mol. The van der Waals surface area contributed by atoms with Gasteiger partial charge in [-0.15, -0.1) is 0 Å². The normalized spacial score (nSPS) is 10.9. The number of aromatic nitrogens is 1. The van der Waals surface area contributed by atoms with Gasteiger partial charge in [0.05, 0.1) is 12.8 Å².